The van der Waals surface area contributed by atoms with Crippen molar-refractivity contribution >= 4 is 49.1 Å². The van der Waals surface area contributed by atoms with Gasteiger partial charge in [-0.05, 0) is 52.7 Å². The van der Waals surface area contributed by atoms with Crippen LogP contribution < -0.4 is 0 Å². The van der Waals surface area contributed by atoms with Gasteiger partial charge in [0.15, 0.2) is 0 Å². The zero-order chi connectivity index (χ0) is 28.3. The molecule has 0 spiro atoms. The van der Waals surface area contributed by atoms with Gasteiger partial charge >= 0.3 is 0 Å². The summed E-state index contributed by atoms with van der Waals surface area (Å²) in [6.07, 6.45) is 5.73. The molecule has 0 N–H and O–H groups in total. The average Bonchev–Trinajstić information content (AvgIpc) is 3.46. The first-order chi connectivity index (χ1) is 21.3. The molecular weight excluding hydrogens is 526 g/mol. The Balaban J connectivity index is 1.38. The first-order valence-electron chi connectivity index (χ1n) is 14.3. The standard InChI is InChI=1S/C38H23N5/c1-2-12-26-25(11-1)27(19-20-28(26)37-38(32-15-5-7-21-39-32)43-23-8-6-16-33(43)42-37)34-29-13-3-4-14-31(29)41-36-30(34)18-17-24-10-9-22-40-35(24)36/h1-23H. The Hall–Kier alpha value is -5.94. The number of nitrogens with zero attached hydrogens (tertiary/aromatic N) is 5. The maximum Gasteiger partial charge on any atom is 0.137 e. The van der Waals surface area contributed by atoms with Crippen molar-refractivity contribution in [3.63, 3.8) is 0 Å². The van der Waals surface area contributed by atoms with E-state index >= 15 is 0 Å². The SMILES string of the molecule is c1ccc(-c2c(-c3ccc(-c4c5ccccc5nc5c4ccc4cccnc45)c4ccccc34)nc3ccccn23)nc1. The van der Waals surface area contributed by atoms with Crippen molar-refractivity contribution in [1.29, 1.82) is 0 Å². The van der Waals surface area contributed by atoms with Crippen LogP contribution in [-0.2, 0) is 0 Å². The number of para-hydroxylation sites is 1. The van der Waals surface area contributed by atoms with Gasteiger partial charge < -0.3 is 0 Å². The van der Waals surface area contributed by atoms with E-state index in [2.05, 4.69) is 83.4 Å². The third-order valence-electron chi connectivity index (χ3n) is 8.31. The molecule has 0 amide bonds. The number of hydrogen-bond acceptors (Lipinski definition) is 4. The summed E-state index contributed by atoms with van der Waals surface area (Å²) >= 11 is 0. The van der Waals surface area contributed by atoms with E-state index in [4.69, 9.17) is 19.9 Å². The molecule has 0 atom stereocenters. The zero-order valence-corrected chi connectivity index (χ0v) is 23.0. The van der Waals surface area contributed by atoms with Crippen LogP contribution in [0.2, 0.25) is 0 Å². The predicted octanol–water partition coefficient (Wildman–Crippen LogP) is 9.13. The summed E-state index contributed by atoms with van der Waals surface area (Å²) in [6, 6.07) is 42.0. The van der Waals surface area contributed by atoms with E-state index in [9.17, 15) is 0 Å². The molecule has 4 aromatic carbocycles. The summed E-state index contributed by atoms with van der Waals surface area (Å²) < 4.78 is 2.13. The fraction of sp³-hybridized carbons (Fsp3) is 0. The summed E-state index contributed by atoms with van der Waals surface area (Å²) in [5, 5.41) is 5.57. The van der Waals surface area contributed by atoms with E-state index in [-0.39, 0.29) is 0 Å². The summed E-state index contributed by atoms with van der Waals surface area (Å²) in [5.74, 6) is 0. The lowest BCUT2D eigenvalue weighted by Gasteiger charge is -2.16. The lowest BCUT2D eigenvalue weighted by molar-refractivity contribution is 1.17. The minimum absolute atomic E-state index is 0.884. The van der Waals surface area contributed by atoms with E-state index in [0.29, 0.717) is 0 Å². The Morgan fingerprint density at radius 2 is 1.26 bits per heavy atom. The zero-order valence-electron chi connectivity index (χ0n) is 23.0. The van der Waals surface area contributed by atoms with Gasteiger partial charge in [0.1, 0.15) is 5.65 Å². The van der Waals surface area contributed by atoms with E-state index < -0.39 is 0 Å². The number of rotatable bonds is 3. The molecule has 5 heteroatoms. The maximum atomic E-state index is 5.15. The van der Waals surface area contributed by atoms with Crippen LogP contribution in [0.3, 0.4) is 0 Å². The minimum atomic E-state index is 0.884. The van der Waals surface area contributed by atoms with Crippen LogP contribution in [0.25, 0.3) is 82.9 Å². The molecule has 9 rings (SSSR count). The molecule has 0 aliphatic carbocycles. The van der Waals surface area contributed by atoms with Crippen molar-refractivity contribution in [2.45, 2.75) is 0 Å². The van der Waals surface area contributed by atoms with Gasteiger partial charge in [0, 0.05) is 45.9 Å². The molecule has 9 aromatic rings. The van der Waals surface area contributed by atoms with Crippen LogP contribution in [0.4, 0.5) is 0 Å². The largest absolute Gasteiger partial charge is 0.298 e. The molecule has 5 aromatic heterocycles. The third kappa shape index (κ3) is 3.58. The average molecular weight is 550 g/mol. The highest BCUT2D eigenvalue weighted by Crippen LogP contribution is 2.43. The second-order valence-electron chi connectivity index (χ2n) is 10.7. The van der Waals surface area contributed by atoms with Crippen molar-refractivity contribution in [3.8, 4) is 33.8 Å². The van der Waals surface area contributed by atoms with Crippen LogP contribution in [-0.4, -0.2) is 24.3 Å². The molecule has 0 saturated carbocycles. The van der Waals surface area contributed by atoms with E-state index in [0.717, 1.165) is 82.9 Å². The Morgan fingerprint density at radius 1 is 0.488 bits per heavy atom. The minimum Gasteiger partial charge on any atom is -0.298 e. The van der Waals surface area contributed by atoms with Gasteiger partial charge in [-0.2, -0.15) is 0 Å². The second kappa shape index (κ2) is 9.29. The molecule has 0 fully saturated rings. The van der Waals surface area contributed by atoms with Crippen LogP contribution in [0.5, 0.6) is 0 Å². The predicted molar refractivity (Wildman–Crippen MR) is 175 cm³/mol. The van der Waals surface area contributed by atoms with E-state index in [1.54, 1.807) is 0 Å². The third-order valence-corrected chi connectivity index (χ3v) is 8.31. The van der Waals surface area contributed by atoms with Gasteiger partial charge in [-0.15, -0.1) is 0 Å². The highest BCUT2D eigenvalue weighted by Gasteiger charge is 2.21. The highest BCUT2D eigenvalue weighted by molar-refractivity contribution is 6.20. The van der Waals surface area contributed by atoms with Crippen molar-refractivity contribution in [1.82, 2.24) is 24.3 Å². The lowest BCUT2D eigenvalue weighted by atomic mass is 9.89. The molecule has 5 heterocycles. The molecule has 0 bridgehead atoms. The van der Waals surface area contributed by atoms with Crippen molar-refractivity contribution in [2.24, 2.45) is 0 Å². The highest BCUT2D eigenvalue weighted by atomic mass is 15.0. The van der Waals surface area contributed by atoms with Crippen molar-refractivity contribution < 1.29 is 0 Å². The lowest BCUT2D eigenvalue weighted by Crippen LogP contribution is -1.94. The topological polar surface area (TPSA) is 56.0 Å². The molecule has 0 aliphatic rings. The monoisotopic (exact) mass is 549 g/mol. The van der Waals surface area contributed by atoms with Crippen LogP contribution in [0, 0.1) is 0 Å². The summed E-state index contributed by atoms with van der Waals surface area (Å²) in [4.78, 5) is 19.7. The summed E-state index contributed by atoms with van der Waals surface area (Å²) in [6.45, 7) is 0. The van der Waals surface area contributed by atoms with Crippen LogP contribution in [0.1, 0.15) is 0 Å². The van der Waals surface area contributed by atoms with Crippen LogP contribution >= 0.6 is 0 Å². The number of fused-ring (bicyclic) bond motifs is 6. The Bertz CT molecular complexity index is 2510. The molecular formula is C38H23N5. The Morgan fingerprint density at radius 3 is 2.14 bits per heavy atom. The van der Waals surface area contributed by atoms with E-state index in [1.165, 1.54) is 0 Å². The Kier molecular flexibility index (Phi) is 5.13. The number of benzene rings is 4. The quantitative estimate of drug-likeness (QED) is 0.163. The van der Waals surface area contributed by atoms with Gasteiger partial charge in [0.2, 0.25) is 0 Å². The fourth-order valence-electron chi connectivity index (χ4n) is 6.44. The molecule has 0 saturated heterocycles. The van der Waals surface area contributed by atoms with Gasteiger partial charge in [-0.25, -0.2) is 9.97 Å². The van der Waals surface area contributed by atoms with Crippen molar-refractivity contribution in [3.05, 3.63) is 140 Å². The first kappa shape index (κ1) is 23.7. The summed E-state index contributed by atoms with van der Waals surface area (Å²) in [5.41, 5.74) is 9.82. The number of pyridine rings is 4. The molecule has 0 aliphatic heterocycles. The van der Waals surface area contributed by atoms with Gasteiger partial charge in [0.25, 0.3) is 0 Å². The molecule has 200 valence electrons. The molecule has 0 radical (unpaired) electrons. The smallest absolute Gasteiger partial charge is 0.137 e. The molecule has 5 nitrogen and oxygen atoms in total. The number of aromatic nitrogens is 5. The number of hydrogen-bond donors (Lipinski definition) is 0. The number of imidazole rings is 1. The maximum absolute atomic E-state index is 5.15. The first-order valence-corrected chi connectivity index (χ1v) is 14.3. The second-order valence-corrected chi connectivity index (χ2v) is 10.7. The van der Waals surface area contributed by atoms with Gasteiger partial charge in [0.05, 0.1) is 33.6 Å². The molecule has 43 heavy (non-hydrogen) atoms. The fourth-order valence-corrected chi connectivity index (χ4v) is 6.44. The van der Waals surface area contributed by atoms with Gasteiger partial charge in [-0.1, -0.05) is 84.9 Å². The van der Waals surface area contributed by atoms with Crippen LogP contribution in [0.15, 0.2) is 140 Å². The van der Waals surface area contributed by atoms with Gasteiger partial charge in [-0.3, -0.25) is 14.4 Å². The normalized spacial score (nSPS) is 11.7. The molecule has 0 unspecified atom stereocenters. The van der Waals surface area contributed by atoms with Crippen molar-refractivity contribution in [2.75, 3.05) is 0 Å². The summed E-state index contributed by atoms with van der Waals surface area (Å²) in [7, 11) is 0. The Labute approximate surface area is 246 Å². The van der Waals surface area contributed by atoms with E-state index in [1.807, 2.05) is 60.9 Å².